The van der Waals surface area contributed by atoms with Crippen molar-refractivity contribution in [3.05, 3.63) is 16.1 Å². The minimum absolute atomic E-state index is 0.124. The van der Waals surface area contributed by atoms with Crippen LogP contribution in [0.1, 0.15) is 44.3 Å². The van der Waals surface area contributed by atoms with E-state index in [1.807, 2.05) is 0 Å². The third kappa shape index (κ3) is 2.62. The molecule has 1 aromatic heterocycles. The molecular formula is C12H20N2OS. The number of aromatic nitrogens is 1. The molecule has 1 unspecified atom stereocenters. The summed E-state index contributed by atoms with van der Waals surface area (Å²) in [6.07, 6.45) is 2.24. The first-order valence-corrected chi connectivity index (χ1v) is 6.80. The van der Waals surface area contributed by atoms with E-state index in [9.17, 15) is 0 Å². The number of ether oxygens (including phenoxy) is 1. The van der Waals surface area contributed by atoms with Gasteiger partial charge in [-0.25, -0.2) is 4.98 Å². The monoisotopic (exact) mass is 240 g/mol. The van der Waals surface area contributed by atoms with Crippen molar-refractivity contribution >= 4 is 11.3 Å². The number of nitrogens with zero attached hydrogens (tertiary/aromatic N) is 1. The summed E-state index contributed by atoms with van der Waals surface area (Å²) in [7, 11) is 0. The van der Waals surface area contributed by atoms with Gasteiger partial charge in [0.25, 0.3) is 0 Å². The van der Waals surface area contributed by atoms with Gasteiger partial charge >= 0.3 is 0 Å². The van der Waals surface area contributed by atoms with Gasteiger partial charge in [0.2, 0.25) is 0 Å². The summed E-state index contributed by atoms with van der Waals surface area (Å²) in [6, 6.07) is 0.503. The summed E-state index contributed by atoms with van der Waals surface area (Å²) in [6.45, 7) is 8.17. The summed E-state index contributed by atoms with van der Waals surface area (Å²) < 4.78 is 5.79. The lowest BCUT2D eigenvalue weighted by Gasteiger charge is -2.19. The van der Waals surface area contributed by atoms with E-state index in [-0.39, 0.29) is 5.60 Å². The largest absolute Gasteiger partial charge is 0.368 e. The molecule has 3 nitrogen and oxygen atoms in total. The minimum atomic E-state index is -0.124. The topological polar surface area (TPSA) is 34.1 Å². The third-order valence-electron chi connectivity index (χ3n) is 2.91. The van der Waals surface area contributed by atoms with Crippen molar-refractivity contribution < 1.29 is 4.74 Å². The van der Waals surface area contributed by atoms with E-state index in [4.69, 9.17) is 4.74 Å². The Balaban J connectivity index is 2.01. The molecule has 1 aliphatic rings. The zero-order valence-electron chi connectivity index (χ0n) is 10.2. The van der Waals surface area contributed by atoms with Crippen LogP contribution in [0.15, 0.2) is 5.38 Å². The Bertz CT molecular complexity index is 343. The van der Waals surface area contributed by atoms with Crippen LogP contribution in [0.2, 0.25) is 0 Å². The first-order valence-electron chi connectivity index (χ1n) is 5.92. The third-order valence-corrected chi connectivity index (χ3v) is 4.05. The van der Waals surface area contributed by atoms with Crippen molar-refractivity contribution in [3.63, 3.8) is 0 Å². The molecule has 4 heteroatoms. The van der Waals surface area contributed by atoms with Crippen LogP contribution in [0.3, 0.4) is 0 Å². The van der Waals surface area contributed by atoms with E-state index < -0.39 is 0 Å². The lowest BCUT2D eigenvalue weighted by atomic mass is 10.0. The second-order valence-corrected chi connectivity index (χ2v) is 5.72. The van der Waals surface area contributed by atoms with Crippen molar-refractivity contribution in [3.8, 4) is 0 Å². The van der Waals surface area contributed by atoms with Gasteiger partial charge in [0.05, 0.1) is 5.69 Å². The van der Waals surface area contributed by atoms with E-state index >= 15 is 0 Å². The van der Waals surface area contributed by atoms with E-state index in [0.717, 1.165) is 36.7 Å². The zero-order valence-corrected chi connectivity index (χ0v) is 11.1. The van der Waals surface area contributed by atoms with Crippen molar-refractivity contribution in [2.75, 3.05) is 6.61 Å². The quantitative estimate of drug-likeness (QED) is 0.878. The fourth-order valence-corrected chi connectivity index (χ4v) is 2.85. The number of hydrogen-bond acceptors (Lipinski definition) is 4. The molecule has 0 radical (unpaired) electrons. The van der Waals surface area contributed by atoms with Crippen LogP contribution in [0, 0.1) is 0 Å². The summed E-state index contributed by atoms with van der Waals surface area (Å²) in [4.78, 5) is 4.67. The van der Waals surface area contributed by atoms with Crippen LogP contribution in [-0.2, 0) is 16.9 Å². The van der Waals surface area contributed by atoms with Gasteiger partial charge in [0.1, 0.15) is 10.6 Å². The number of thiazole rings is 1. The Morgan fingerprint density at radius 1 is 1.62 bits per heavy atom. The van der Waals surface area contributed by atoms with E-state index in [1.165, 1.54) is 0 Å². The summed E-state index contributed by atoms with van der Waals surface area (Å²) in [5.41, 5.74) is 1.01. The fourth-order valence-electron chi connectivity index (χ4n) is 1.89. The molecule has 0 aliphatic carbocycles. The predicted molar refractivity (Wildman–Crippen MR) is 66.6 cm³/mol. The molecule has 2 rings (SSSR count). The van der Waals surface area contributed by atoms with Gasteiger partial charge in [-0.05, 0) is 19.8 Å². The highest BCUT2D eigenvalue weighted by Gasteiger charge is 2.34. The molecule has 0 bridgehead atoms. The number of rotatable bonds is 4. The molecule has 0 saturated carbocycles. The van der Waals surface area contributed by atoms with Crippen LogP contribution in [0.25, 0.3) is 0 Å². The van der Waals surface area contributed by atoms with Gasteiger partial charge in [-0.3, -0.25) is 0 Å². The summed E-state index contributed by atoms with van der Waals surface area (Å²) in [5.74, 6) is 0. The highest BCUT2D eigenvalue weighted by Crippen LogP contribution is 2.37. The van der Waals surface area contributed by atoms with Gasteiger partial charge in [-0.1, -0.05) is 13.8 Å². The smallest absolute Gasteiger partial charge is 0.125 e. The van der Waals surface area contributed by atoms with Crippen molar-refractivity contribution in [2.45, 2.75) is 51.8 Å². The van der Waals surface area contributed by atoms with Gasteiger partial charge in [-0.15, -0.1) is 11.3 Å². The normalized spacial score (nSPS) is 25.5. The molecule has 1 saturated heterocycles. The van der Waals surface area contributed by atoms with Crippen LogP contribution < -0.4 is 5.32 Å². The standard InChI is InChI=1S/C12H20N2OS/c1-9(2)13-7-10-8-16-11(14-10)12(3)5-4-6-15-12/h8-9,13H,4-7H2,1-3H3. The van der Waals surface area contributed by atoms with E-state index in [0.29, 0.717) is 6.04 Å². The Kier molecular flexibility index (Phi) is 3.62. The summed E-state index contributed by atoms with van der Waals surface area (Å²) >= 11 is 1.72. The first-order chi connectivity index (χ1) is 7.60. The van der Waals surface area contributed by atoms with Crippen LogP contribution in [-0.4, -0.2) is 17.6 Å². The van der Waals surface area contributed by atoms with E-state index in [2.05, 4.69) is 36.5 Å². The average molecular weight is 240 g/mol. The second kappa shape index (κ2) is 4.82. The minimum Gasteiger partial charge on any atom is -0.368 e. The molecule has 1 N–H and O–H groups in total. The zero-order chi connectivity index (χ0) is 11.6. The maximum Gasteiger partial charge on any atom is 0.125 e. The maximum absolute atomic E-state index is 5.79. The molecule has 90 valence electrons. The molecule has 2 heterocycles. The van der Waals surface area contributed by atoms with Crippen LogP contribution >= 0.6 is 11.3 Å². The molecule has 0 spiro atoms. The van der Waals surface area contributed by atoms with Gasteiger partial charge in [-0.2, -0.15) is 0 Å². The lowest BCUT2D eigenvalue weighted by molar-refractivity contribution is 0.0165. The Morgan fingerprint density at radius 3 is 3.06 bits per heavy atom. The molecule has 1 fully saturated rings. The molecule has 1 aliphatic heterocycles. The highest BCUT2D eigenvalue weighted by atomic mass is 32.1. The summed E-state index contributed by atoms with van der Waals surface area (Å²) in [5, 5.41) is 6.65. The fraction of sp³-hybridized carbons (Fsp3) is 0.750. The van der Waals surface area contributed by atoms with Crippen LogP contribution in [0.4, 0.5) is 0 Å². The number of hydrogen-bond donors (Lipinski definition) is 1. The Hall–Kier alpha value is -0.450. The second-order valence-electron chi connectivity index (χ2n) is 4.86. The molecule has 16 heavy (non-hydrogen) atoms. The molecule has 0 amide bonds. The Labute approximate surface area is 101 Å². The van der Waals surface area contributed by atoms with Gasteiger partial charge in [0.15, 0.2) is 0 Å². The van der Waals surface area contributed by atoms with Gasteiger partial charge in [0, 0.05) is 24.6 Å². The maximum atomic E-state index is 5.79. The molecule has 1 atom stereocenters. The Morgan fingerprint density at radius 2 is 2.44 bits per heavy atom. The van der Waals surface area contributed by atoms with Crippen molar-refractivity contribution in [1.29, 1.82) is 0 Å². The molecule has 1 aromatic rings. The average Bonchev–Trinajstić information content (AvgIpc) is 2.84. The number of nitrogens with one attached hydrogen (secondary N) is 1. The van der Waals surface area contributed by atoms with Crippen molar-refractivity contribution in [2.24, 2.45) is 0 Å². The molecular weight excluding hydrogens is 220 g/mol. The van der Waals surface area contributed by atoms with Crippen LogP contribution in [0.5, 0.6) is 0 Å². The van der Waals surface area contributed by atoms with Crippen molar-refractivity contribution in [1.82, 2.24) is 10.3 Å². The first kappa shape index (κ1) is 12.0. The predicted octanol–water partition coefficient (Wildman–Crippen LogP) is 2.67. The van der Waals surface area contributed by atoms with E-state index in [1.54, 1.807) is 11.3 Å². The van der Waals surface area contributed by atoms with Gasteiger partial charge < -0.3 is 10.1 Å². The SMILES string of the molecule is CC(C)NCc1csc(C2(C)CCCO2)n1. The lowest BCUT2D eigenvalue weighted by Crippen LogP contribution is -2.23. The molecule has 0 aromatic carbocycles. The highest BCUT2D eigenvalue weighted by molar-refractivity contribution is 7.09.